The number of nitrogens with zero attached hydrogens (tertiary/aromatic N) is 2. The fourth-order valence-electron chi connectivity index (χ4n) is 2.89. The van der Waals surface area contributed by atoms with Crippen molar-refractivity contribution in [3.63, 3.8) is 0 Å². The van der Waals surface area contributed by atoms with E-state index in [1.54, 1.807) is 17.8 Å². The van der Waals surface area contributed by atoms with Crippen molar-refractivity contribution in [3.05, 3.63) is 56.1 Å². The predicted octanol–water partition coefficient (Wildman–Crippen LogP) is 2.87. The van der Waals surface area contributed by atoms with Gasteiger partial charge in [-0.15, -0.1) is 23.5 Å². The zero-order valence-electron chi connectivity index (χ0n) is 9.96. The van der Waals surface area contributed by atoms with Crippen LogP contribution in [0.1, 0.15) is 5.56 Å². The van der Waals surface area contributed by atoms with Gasteiger partial charge in [-0.25, -0.2) is 0 Å². The number of nitro benzene ring substituents is 2. The van der Waals surface area contributed by atoms with Crippen LogP contribution in [-0.2, 0) is 4.75 Å². The summed E-state index contributed by atoms with van der Waals surface area (Å²) < 4.78 is -0.431. The zero-order chi connectivity index (χ0) is 14.1. The van der Waals surface area contributed by atoms with E-state index >= 15 is 0 Å². The number of para-hydroxylation sites is 1. The summed E-state index contributed by atoms with van der Waals surface area (Å²) in [4.78, 5) is 21.0. The molecule has 0 radical (unpaired) electrons. The van der Waals surface area contributed by atoms with Gasteiger partial charge in [0.1, 0.15) is 0 Å². The van der Waals surface area contributed by atoms with Gasteiger partial charge in [-0.3, -0.25) is 20.2 Å². The highest BCUT2D eigenvalue weighted by atomic mass is 32.2. The second-order valence-electron chi connectivity index (χ2n) is 4.94. The molecule has 2 saturated heterocycles. The molecule has 3 aliphatic rings. The first-order valence-electron chi connectivity index (χ1n) is 5.99. The number of rotatable bonds is 3. The summed E-state index contributed by atoms with van der Waals surface area (Å²) in [5, 5.41) is 23.7. The Kier molecular flexibility index (Phi) is 2.30. The molecule has 102 valence electrons. The lowest BCUT2D eigenvalue weighted by molar-refractivity contribution is -0.423. The minimum absolute atomic E-state index is 0.309. The molecule has 0 N–H and O–H groups in total. The summed E-state index contributed by atoms with van der Waals surface area (Å²) >= 11 is 3.52. The maximum absolute atomic E-state index is 11.3. The minimum atomic E-state index is -0.679. The molecular weight excluding hydrogens is 300 g/mol. The van der Waals surface area contributed by atoms with Crippen molar-refractivity contribution in [3.8, 4) is 0 Å². The zero-order valence-corrected chi connectivity index (χ0v) is 11.6. The fourth-order valence-corrected chi connectivity index (χ4v) is 5.93. The molecule has 4 unspecified atom stereocenters. The van der Waals surface area contributed by atoms with Crippen molar-refractivity contribution in [1.29, 1.82) is 0 Å². The highest BCUT2D eigenvalue weighted by Gasteiger charge is 2.68. The highest BCUT2D eigenvalue weighted by molar-refractivity contribution is 8.13. The van der Waals surface area contributed by atoms with Crippen LogP contribution < -0.4 is 0 Å². The van der Waals surface area contributed by atoms with Crippen molar-refractivity contribution in [2.24, 2.45) is 0 Å². The molecule has 1 aromatic rings. The van der Waals surface area contributed by atoms with Gasteiger partial charge in [0.05, 0.1) is 20.2 Å². The average Bonchev–Trinajstić information content (AvgIpc) is 3.28. The van der Waals surface area contributed by atoms with E-state index in [0.717, 1.165) is 0 Å². The Balaban J connectivity index is 1.89. The van der Waals surface area contributed by atoms with Crippen LogP contribution in [0.15, 0.2) is 30.4 Å². The molecule has 0 bridgehead atoms. The number of fused-ring (bicyclic) bond motifs is 3. The molecule has 6 nitrogen and oxygen atoms in total. The van der Waals surface area contributed by atoms with Crippen LogP contribution in [0.25, 0.3) is 0 Å². The Bertz CT molecular complexity index is 692. The molecule has 2 aliphatic heterocycles. The third-order valence-electron chi connectivity index (χ3n) is 3.90. The molecule has 0 spiro atoms. The standard InChI is InChI=1S/C12H8N2O4S2/c15-13(16)7-3-1-2-6(9(7)14(17)18)12-5-4-8-10(19-8)11(12)20-12/h1-5,8,10-11H. The smallest absolute Gasteiger partial charge is 0.258 e. The van der Waals surface area contributed by atoms with Crippen LogP contribution in [0.4, 0.5) is 11.4 Å². The highest BCUT2D eigenvalue weighted by Crippen LogP contribution is 2.74. The minimum Gasteiger partial charge on any atom is -0.258 e. The van der Waals surface area contributed by atoms with Crippen LogP contribution in [0.2, 0.25) is 0 Å². The van der Waals surface area contributed by atoms with Gasteiger partial charge < -0.3 is 0 Å². The van der Waals surface area contributed by atoms with E-state index in [9.17, 15) is 20.2 Å². The topological polar surface area (TPSA) is 86.3 Å². The third kappa shape index (κ3) is 1.49. The number of nitro groups is 2. The molecule has 8 heteroatoms. The first kappa shape index (κ1) is 12.2. The number of benzene rings is 1. The van der Waals surface area contributed by atoms with Gasteiger partial charge in [0.2, 0.25) is 0 Å². The molecule has 4 rings (SSSR count). The largest absolute Gasteiger partial charge is 0.350 e. The van der Waals surface area contributed by atoms with E-state index in [-0.39, 0.29) is 5.69 Å². The summed E-state index contributed by atoms with van der Waals surface area (Å²) in [6, 6.07) is 4.38. The average molecular weight is 308 g/mol. The maximum Gasteiger partial charge on any atom is 0.350 e. The molecule has 0 amide bonds. The SMILES string of the molecule is O=[N+]([O-])c1cccc(C23C=CC4SC4C2S3)c1[N+](=O)[O-]. The van der Waals surface area contributed by atoms with Gasteiger partial charge in [-0.2, -0.15) is 0 Å². The van der Waals surface area contributed by atoms with Crippen LogP contribution in [0.3, 0.4) is 0 Å². The molecule has 1 aliphatic carbocycles. The van der Waals surface area contributed by atoms with Gasteiger partial charge >= 0.3 is 11.4 Å². The molecule has 2 fully saturated rings. The van der Waals surface area contributed by atoms with Gasteiger partial charge in [0.25, 0.3) is 0 Å². The monoisotopic (exact) mass is 308 g/mol. The van der Waals surface area contributed by atoms with Crippen LogP contribution >= 0.6 is 23.5 Å². The van der Waals surface area contributed by atoms with E-state index in [1.165, 1.54) is 12.1 Å². The predicted molar refractivity (Wildman–Crippen MR) is 77.1 cm³/mol. The van der Waals surface area contributed by atoms with Gasteiger partial charge in [0.15, 0.2) is 0 Å². The van der Waals surface area contributed by atoms with Crippen molar-refractivity contribution in [1.82, 2.24) is 0 Å². The molecule has 0 saturated carbocycles. The van der Waals surface area contributed by atoms with E-state index in [1.807, 2.05) is 17.8 Å². The van der Waals surface area contributed by atoms with Crippen molar-refractivity contribution >= 4 is 34.9 Å². The number of thioether (sulfide) groups is 2. The first-order chi connectivity index (χ1) is 9.54. The summed E-state index contributed by atoms with van der Waals surface area (Å²) in [7, 11) is 0. The van der Waals surface area contributed by atoms with Crippen molar-refractivity contribution in [2.75, 3.05) is 0 Å². The van der Waals surface area contributed by atoms with Crippen LogP contribution in [0.5, 0.6) is 0 Å². The maximum atomic E-state index is 11.3. The van der Waals surface area contributed by atoms with Gasteiger partial charge in [0, 0.05) is 21.8 Å². The number of hydrogen-bond donors (Lipinski definition) is 0. The Morgan fingerprint density at radius 1 is 1.20 bits per heavy atom. The lowest BCUT2D eigenvalue weighted by atomic mass is 9.88. The second kappa shape index (κ2) is 3.76. The second-order valence-corrected chi connectivity index (χ2v) is 7.72. The van der Waals surface area contributed by atoms with E-state index in [4.69, 9.17) is 0 Å². The Morgan fingerprint density at radius 3 is 2.70 bits per heavy atom. The van der Waals surface area contributed by atoms with E-state index < -0.39 is 20.3 Å². The van der Waals surface area contributed by atoms with Crippen molar-refractivity contribution in [2.45, 2.75) is 20.5 Å². The first-order valence-corrected chi connectivity index (χ1v) is 7.82. The quantitative estimate of drug-likeness (QED) is 0.369. The van der Waals surface area contributed by atoms with Crippen molar-refractivity contribution < 1.29 is 9.85 Å². The van der Waals surface area contributed by atoms with Crippen LogP contribution in [0, 0.1) is 20.2 Å². The van der Waals surface area contributed by atoms with E-state index in [0.29, 0.717) is 21.3 Å². The van der Waals surface area contributed by atoms with Crippen LogP contribution in [-0.4, -0.2) is 25.6 Å². The Hall–Kier alpha value is -1.54. The third-order valence-corrected chi connectivity index (χ3v) is 7.06. The van der Waals surface area contributed by atoms with E-state index in [2.05, 4.69) is 6.08 Å². The lowest BCUT2D eigenvalue weighted by Crippen LogP contribution is -2.20. The summed E-state index contributed by atoms with van der Waals surface area (Å²) in [6.07, 6.45) is 4.07. The molecule has 0 aromatic heterocycles. The fraction of sp³-hybridized carbons (Fsp3) is 0.333. The van der Waals surface area contributed by atoms with Gasteiger partial charge in [-0.05, 0) is 6.07 Å². The molecule has 2 heterocycles. The summed E-state index contributed by atoms with van der Waals surface area (Å²) in [6.45, 7) is 0. The molecule has 20 heavy (non-hydrogen) atoms. The molecule has 4 atom stereocenters. The Labute approximate surface area is 121 Å². The summed E-state index contributed by atoms with van der Waals surface area (Å²) in [5.41, 5.74) is -0.317. The normalized spacial score (nSPS) is 35.9. The summed E-state index contributed by atoms with van der Waals surface area (Å²) in [5.74, 6) is 0. The molecular formula is C12H8N2O4S2. The molecule has 1 aromatic carbocycles. The Morgan fingerprint density at radius 2 is 2.00 bits per heavy atom. The van der Waals surface area contributed by atoms with Gasteiger partial charge in [-0.1, -0.05) is 18.2 Å². The lowest BCUT2D eigenvalue weighted by Gasteiger charge is -2.13. The number of hydrogen-bond acceptors (Lipinski definition) is 6.